The number of aromatic nitrogens is 5. The summed E-state index contributed by atoms with van der Waals surface area (Å²) in [6.07, 6.45) is 4.14. The van der Waals surface area contributed by atoms with Gasteiger partial charge in [-0.15, -0.1) is 5.10 Å². The van der Waals surface area contributed by atoms with Crippen molar-refractivity contribution >= 4 is 28.2 Å². The lowest BCUT2D eigenvalue weighted by molar-refractivity contribution is 0.565. The molecule has 1 saturated carbocycles. The van der Waals surface area contributed by atoms with Crippen LogP contribution >= 0.6 is 11.8 Å². The Labute approximate surface area is 125 Å². The van der Waals surface area contributed by atoms with E-state index in [1.807, 2.05) is 29.9 Å². The predicted molar refractivity (Wildman–Crippen MR) is 81.1 cm³/mol. The zero-order chi connectivity index (χ0) is 14.4. The molecule has 7 heteroatoms. The molecule has 0 unspecified atom stereocenters. The number of aryl methyl sites for hydroxylation is 1. The van der Waals surface area contributed by atoms with Gasteiger partial charge in [-0.2, -0.15) is 0 Å². The van der Waals surface area contributed by atoms with E-state index in [1.165, 1.54) is 0 Å². The fourth-order valence-electron chi connectivity index (χ4n) is 2.33. The van der Waals surface area contributed by atoms with E-state index in [2.05, 4.69) is 26.6 Å². The molecular formula is C14H14N6S. The van der Waals surface area contributed by atoms with Gasteiger partial charge in [0, 0.05) is 33.2 Å². The second kappa shape index (κ2) is 4.70. The zero-order valence-corrected chi connectivity index (χ0v) is 12.3. The van der Waals surface area contributed by atoms with Crippen LogP contribution in [0.25, 0.3) is 10.8 Å². The molecule has 0 radical (unpaired) electrons. The summed E-state index contributed by atoms with van der Waals surface area (Å²) in [6, 6.07) is 6.45. The van der Waals surface area contributed by atoms with Crippen LogP contribution in [-0.4, -0.2) is 25.2 Å². The first-order chi connectivity index (χ1) is 10.2. The van der Waals surface area contributed by atoms with Gasteiger partial charge in [-0.3, -0.25) is 4.98 Å². The molecule has 0 bridgehead atoms. The Bertz CT molecular complexity index is 823. The monoisotopic (exact) mass is 298 g/mol. The van der Waals surface area contributed by atoms with Crippen molar-refractivity contribution < 1.29 is 0 Å². The topological polar surface area (TPSA) is 82.5 Å². The lowest BCUT2D eigenvalue weighted by atomic mass is 10.1. The van der Waals surface area contributed by atoms with E-state index in [-0.39, 0.29) is 0 Å². The fourth-order valence-corrected chi connectivity index (χ4v) is 3.30. The number of fused-ring (bicyclic) bond motifs is 1. The Morgan fingerprint density at radius 1 is 1.29 bits per heavy atom. The molecule has 106 valence electrons. The van der Waals surface area contributed by atoms with Crippen molar-refractivity contribution in [1.82, 2.24) is 25.2 Å². The standard InChI is InChI=1S/C14H14N6S/c1-8-6-10-11(7-16-8)12(15)4-5-13(10)21-14-17-18-19-20(14)9-2-3-9/h4-7,9H,2-3,15H2,1H3. The Morgan fingerprint density at radius 3 is 2.95 bits per heavy atom. The molecule has 6 nitrogen and oxygen atoms in total. The number of benzene rings is 1. The van der Waals surface area contributed by atoms with Gasteiger partial charge in [0.2, 0.25) is 5.16 Å². The molecule has 1 fully saturated rings. The molecule has 1 aliphatic rings. The SMILES string of the molecule is Cc1cc2c(Sc3nnnn3C3CC3)ccc(N)c2cn1. The average Bonchev–Trinajstić information content (AvgIpc) is 3.22. The van der Waals surface area contributed by atoms with E-state index < -0.39 is 0 Å². The van der Waals surface area contributed by atoms with Gasteiger partial charge in [0.05, 0.1) is 6.04 Å². The van der Waals surface area contributed by atoms with Crippen LogP contribution in [0.15, 0.2) is 34.4 Å². The molecule has 0 saturated heterocycles. The summed E-state index contributed by atoms with van der Waals surface area (Å²) in [5.41, 5.74) is 7.75. The molecule has 1 aromatic carbocycles. The minimum absolute atomic E-state index is 0.464. The highest BCUT2D eigenvalue weighted by Gasteiger charge is 2.28. The van der Waals surface area contributed by atoms with Crippen molar-refractivity contribution in [2.75, 3.05) is 5.73 Å². The summed E-state index contributed by atoms with van der Waals surface area (Å²) in [5.74, 6) is 0. The molecule has 0 amide bonds. The lowest BCUT2D eigenvalue weighted by Gasteiger charge is -2.08. The van der Waals surface area contributed by atoms with Gasteiger partial charge in [0.15, 0.2) is 0 Å². The third kappa shape index (κ3) is 2.23. The number of hydrogen-bond donors (Lipinski definition) is 1. The van der Waals surface area contributed by atoms with Crippen molar-refractivity contribution in [1.29, 1.82) is 0 Å². The van der Waals surface area contributed by atoms with Crippen molar-refractivity contribution in [2.45, 2.75) is 35.9 Å². The molecule has 1 aliphatic carbocycles. The number of pyridine rings is 1. The maximum absolute atomic E-state index is 6.04. The Morgan fingerprint density at radius 2 is 2.14 bits per heavy atom. The Kier molecular flexibility index (Phi) is 2.81. The average molecular weight is 298 g/mol. The quantitative estimate of drug-likeness (QED) is 0.748. The van der Waals surface area contributed by atoms with Gasteiger partial charge in [0.1, 0.15) is 0 Å². The van der Waals surface area contributed by atoms with E-state index in [1.54, 1.807) is 11.8 Å². The molecule has 0 atom stereocenters. The third-order valence-corrected chi connectivity index (χ3v) is 4.62. The molecule has 4 rings (SSSR count). The van der Waals surface area contributed by atoms with Gasteiger partial charge in [0.25, 0.3) is 0 Å². The van der Waals surface area contributed by atoms with Crippen LogP contribution in [0.1, 0.15) is 24.6 Å². The van der Waals surface area contributed by atoms with Crippen LogP contribution in [0.2, 0.25) is 0 Å². The first-order valence-electron chi connectivity index (χ1n) is 6.83. The molecule has 0 spiro atoms. The summed E-state index contributed by atoms with van der Waals surface area (Å²) in [6.45, 7) is 1.98. The molecule has 0 aliphatic heterocycles. The number of tetrazole rings is 1. The highest BCUT2D eigenvalue weighted by molar-refractivity contribution is 7.99. The van der Waals surface area contributed by atoms with Crippen molar-refractivity contribution in [2.24, 2.45) is 0 Å². The first-order valence-corrected chi connectivity index (χ1v) is 7.64. The number of nitrogens with zero attached hydrogens (tertiary/aromatic N) is 5. The molecule has 2 heterocycles. The number of anilines is 1. The first kappa shape index (κ1) is 12.6. The minimum atomic E-state index is 0.464. The number of hydrogen-bond acceptors (Lipinski definition) is 6. The molecule has 2 N–H and O–H groups in total. The highest BCUT2D eigenvalue weighted by atomic mass is 32.2. The van der Waals surface area contributed by atoms with E-state index in [4.69, 9.17) is 5.73 Å². The second-order valence-electron chi connectivity index (χ2n) is 5.26. The van der Waals surface area contributed by atoms with Gasteiger partial charge in [-0.1, -0.05) is 0 Å². The molecule has 21 heavy (non-hydrogen) atoms. The summed E-state index contributed by atoms with van der Waals surface area (Å²) >= 11 is 1.58. The second-order valence-corrected chi connectivity index (χ2v) is 6.27. The van der Waals surface area contributed by atoms with Crippen LogP contribution in [-0.2, 0) is 0 Å². The lowest BCUT2D eigenvalue weighted by Crippen LogP contribution is -1.98. The largest absolute Gasteiger partial charge is 0.398 e. The molecule has 3 aromatic rings. The predicted octanol–water partition coefficient (Wildman–Crippen LogP) is 2.60. The maximum Gasteiger partial charge on any atom is 0.214 e. The molecule has 2 aromatic heterocycles. The third-order valence-electron chi connectivity index (χ3n) is 3.59. The summed E-state index contributed by atoms with van der Waals surface area (Å²) in [4.78, 5) is 5.43. The fraction of sp³-hybridized carbons (Fsp3) is 0.286. The van der Waals surface area contributed by atoms with Gasteiger partial charge >= 0.3 is 0 Å². The van der Waals surface area contributed by atoms with Crippen LogP contribution in [0, 0.1) is 6.92 Å². The maximum atomic E-state index is 6.04. The molecular weight excluding hydrogens is 284 g/mol. The summed E-state index contributed by atoms with van der Waals surface area (Å²) in [7, 11) is 0. The Balaban J connectivity index is 1.81. The van der Waals surface area contributed by atoms with Crippen molar-refractivity contribution in [3.8, 4) is 0 Å². The van der Waals surface area contributed by atoms with Crippen LogP contribution < -0.4 is 5.73 Å². The van der Waals surface area contributed by atoms with E-state index in [0.29, 0.717) is 6.04 Å². The number of rotatable bonds is 3. The van der Waals surface area contributed by atoms with E-state index in [0.717, 1.165) is 45.0 Å². The van der Waals surface area contributed by atoms with E-state index >= 15 is 0 Å². The van der Waals surface area contributed by atoms with Crippen molar-refractivity contribution in [3.05, 3.63) is 30.1 Å². The zero-order valence-electron chi connectivity index (χ0n) is 11.5. The van der Waals surface area contributed by atoms with Gasteiger partial charge < -0.3 is 5.73 Å². The van der Waals surface area contributed by atoms with E-state index in [9.17, 15) is 0 Å². The minimum Gasteiger partial charge on any atom is -0.398 e. The summed E-state index contributed by atoms with van der Waals surface area (Å²) < 4.78 is 1.92. The Hall–Kier alpha value is -2.15. The summed E-state index contributed by atoms with van der Waals surface area (Å²) in [5, 5.41) is 14.9. The van der Waals surface area contributed by atoms with Gasteiger partial charge in [-0.25, -0.2) is 4.68 Å². The normalized spacial score (nSPS) is 14.7. The highest BCUT2D eigenvalue weighted by Crippen LogP contribution is 2.40. The van der Waals surface area contributed by atoms with Crippen LogP contribution in [0.5, 0.6) is 0 Å². The number of nitrogens with two attached hydrogens (primary N) is 1. The number of nitrogen functional groups attached to an aromatic ring is 1. The van der Waals surface area contributed by atoms with Crippen LogP contribution in [0.4, 0.5) is 5.69 Å². The van der Waals surface area contributed by atoms with Crippen LogP contribution in [0.3, 0.4) is 0 Å². The van der Waals surface area contributed by atoms with Crippen molar-refractivity contribution in [3.63, 3.8) is 0 Å². The van der Waals surface area contributed by atoms with Gasteiger partial charge in [-0.05, 0) is 60.2 Å². The smallest absolute Gasteiger partial charge is 0.214 e.